The van der Waals surface area contributed by atoms with Gasteiger partial charge in [-0.2, -0.15) is 0 Å². The summed E-state index contributed by atoms with van der Waals surface area (Å²) in [5.41, 5.74) is 1.61. The van der Waals surface area contributed by atoms with E-state index in [1.165, 1.54) is 0 Å². The number of benzene rings is 1. The van der Waals surface area contributed by atoms with Gasteiger partial charge >= 0.3 is 0 Å². The first-order valence-electron chi connectivity index (χ1n) is 6.37. The minimum Gasteiger partial charge on any atom is -0.461 e. The number of rotatable bonds is 3. The van der Waals surface area contributed by atoms with E-state index in [0.717, 1.165) is 11.4 Å². The molecule has 2 heterocycles. The van der Waals surface area contributed by atoms with E-state index in [4.69, 9.17) is 16.0 Å². The average molecular weight is 301 g/mol. The van der Waals surface area contributed by atoms with Crippen molar-refractivity contribution in [2.75, 3.05) is 19.0 Å². The van der Waals surface area contributed by atoms with Gasteiger partial charge in [0.15, 0.2) is 11.6 Å². The molecule has 0 bridgehead atoms. The number of halogens is 1. The predicted octanol–water partition coefficient (Wildman–Crippen LogP) is 3.52. The van der Waals surface area contributed by atoms with E-state index in [1.807, 2.05) is 43.3 Å². The van der Waals surface area contributed by atoms with E-state index in [-0.39, 0.29) is 0 Å². The van der Waals surface area contributed by atoms with Crippen LogP contribution in [0, 0.1) is 0 Å². The lowest BCUT2D eigenvalue weighted by Gasteiger charge is -2.15. The minimum absolute atomic E-state index is 0.460. The zero-order chi connectivity index (χ0) is 14.8. The second-order valence-electron chi connectivity index (χ2n) is 4.69. The Morgan fingerprint density at radius 3 is 2.43 bits per heavy atom. The molecule has 0 N–H and O–H groups in total. The Kier molecular flexibility index (Phi) is 3.58. The number of anilines is 1. The van der Waals surface area contributed by atoms with Crippen molar-refractivity contribution >= 4 is 17.4 Å². The summed E-state index contributed by atoms with van der Waals surface area (Å²) in [5.74, 6) is 1.77. The van der Waals surface area contributed by atoms with Gasteiger partial charge in [-0.3, -0.25) is 0 Å². The molecule has 0 saturated carbocycles. The fraction of sp³-hybridized carbons (Fsp3) is 0.133. The lowest BCUT2D eigenvalue weighted by atomic mass is 10.1. The minimum atomic E-state index is 0.460. The van der Waals surface area contributed by atoms with Gasteiger partial charge in [0.2, 0.25) is 5.82 Å². The van der Waals surface area contributed by atoms with E-state index in [0.29, 0.717) is 22.3 Å². The number of aromatic nitrogens is 3. The van der Waals surface area contributed by atoms with Crippen LogP contribution in [0.15, 0.2) is 47.1 Å². The standard InChI is InChI=1S/C15H13ClN4O/c1-20(2)15-13(10-5-7-11(16)8-6-10)18-19-14(17-15)12-4-3-9-21-12/h3-9H,1-2H3. The highest BCUT2D eigenvalue weighted by Gasteiger charge is 2.15. The summed E-state index contributed by atoms with van der Waals surface area (Å²) in [5, 5.41) is 9.13. The maximum absolute atomic E-state index is 5.92. The summed E-state index contributed by atoms with van der Waals surface area (Å²) >= 11 is 5.92. The van der Waals surface area contributed by atoms with Crippen LogP contribution in [0.25, 0.3) is 22.8 Å². The first kappa shape index (κ1) is 13.6. The molecule has 0 saturated heterocycles. The van der Waals surface area contributed by atoms with E-state index >= 15 is 0 Å². The van der Waals surface area contributed by atoms with Gasteiger partial charge in [-0.25, -0.2) is 4.98 Å². The molecule has 6 heteroatoms. The summed E-state index contributed by atoms with van der Waals surface area (Å²) in [6.07, 6.45) is 1.58. The van der Waals surface area contributed by atoms with Crippen molar-refractivity contribution in [3.05, 3.63) is 47.7 Å². The highest BCUT2D eigenvalue weighted by molar-refractivity contribution is 6.30. The maximum atomic E-state index is 5.92. The lowest BCUT2D eigenvalue weighted by Crippen LogP contribution is -2.14. The molecule has 0 radical (unpaired) electrons. The van der Waals surface area contributed by atoms with Crippen LogP contribution in [0.3, 0.4) is 0 Å². The second kappa shape index (κ2) is 5.54. The van der Waals surface area contributed by atoms with E-state index < -0.39 is 0 Å². The molecule has 3 rings (SSSR count). The van der Waals surface area contributed by atoms with Gasteiger partial charge in [0, 0.05) is 24.7 Å². The summed E-state index contributed by atoms with van der Waals surface area (Å²) in [6, 6.07) is 11.0. The molecule has 0 aliphatic rings. The molecule has 1 aromatic carbocycles. The number of hydrogen-bond acceptors (Lipinski definition) is 5. The van der Waals surface area contributed by atoms with Gasteiger partial charge in [0.05, 0.1) is 6.26 Å². The first-order chi connectivity index (χ1) is 10.1. The van der Waals surface area contributed by atoms with E-state index in [1.54, 1.807) is 18.4 Å². The number of hydrogen-bond donors (Lipinski definition) is 0. The number of furan rings is 1. The zero-order valence-electron chi connectivity index (χ0n) is 11.6. The Hall–Kier alpha value is -2.40. The smallest absolute Gasteiger partial charge is 0.219 e. The van der Waals surface area contributed by atoms with Gasteiger partial charge in [-0.05, 0) is 24.3 Å². The molecule has 0 atom stereocenters. The van der Waals surface area contributed by atoms with Crippen LogP contribution in [-0.4, -0.2) is 29.3 Å². The summed E-state index contributed by atoms with van der Waals surface area (Å²) in [7, 11) is 3.82. The van der Waals surface area contributed by atoms with Crippen molar-refractivity contribution in [2.24, 2.45) is 0 Å². The van der Waals surface area contributed by atoms with Crippen LogP contribution in [0.4, 0.5) is 5.82 Å². The molecule has 0 unspecified atom stereocenters. The Balaban J connectivity index is 2.11. The monoisotopic (exact) mass is 300 g/mol. The molecule has 2 aromatic heterocycles. The highest BCUT2D eigenvalue weighted by Crippen LogP contribution is 2.28. The molecule has 3 aromatic rings. The average Bonchev–Trinajstić information content (AvgIpc) is 3.02. The van der Waals surface area contributed by atoms with Crippen LogP contribution in [0.1, 0.15) is 0 Å². The normalized spacial score (nSPS) is 10.6. The van der Waals surface area contributed by atoms with Gasteiger partial charge < -0.3 is 9.32 Å². The van der Waals surface area contributed by atoms with Crippen LogP contribution >= 0.6 is 11.6 Å². The Morgan fingerprint density at radius 2 is 1.81 bits per heavy atom. The zero-order valence-corrected chi connectivity index (χ0v) is 12.4. The molecule has 0 aliphatic heterocycles. The maximum Gasteiger partial charge on any atom is 0.219 e. The van der Waals surface area contributed by atoms with Crippen molar-refractivity contribution in [1.82, 2.24) is 15.2 Å². The van der Waals surface area contributed by atoms with Crippen LogP contribution in [0.2, 0.25) is 5.02 Å². The predicted molar refractivity (Wildman–Crippen MR) is 82.3 cm³/mol. The van der Waals surface area contributed by atoms with Crippen molar-refractivity contribution in [3.8, 4) is 22.8 Å². The quantitative estimate of drug-likeness (QED) is 0.741. The first-order valence-corrected chi connectivity index (χ1v) is 6.75. The molecule has 0 amide bonds. The summed E-state index contributed by atoms with van der Waals surface area (Å²) in [6.45, 7) is 0. The van der Waals surface area contributed by atoms with Crippen LogP contribution in [0.5, 0.6) is 0 Å². The third kappa shape index (κ3) is 2.73. The lowest BCUT2D eigenvalue weighted by molar-refractivity contribution is 0.575. The van der Waals surface area contributed by atoms with Gasteiger partial charge in [0.1, 0.15) is 5.69 Å². The van der Waals surface area contributed by atoms with E-state index in [9.17, 15) is 0 Å². The SMILES string of the molecule is CN(C)c1nc(-c2ccco2)nnc1-c1ccc(Cl)cc1. The van der Waals surface area contributed by atoms with Crippen molar-refractivity contribution in [3.63, 3.8) is 0 Å². The van der Waals surface area contributed by atoms with Crippen molar-refractivity contribution in [2.45, 2.75) is 0 Å². The fourth-order valence-electron chi connectivity index (χ4n) is 1.93. The largest absolute Gasteiger partial charge is 0.461 e. The molecule has 5 nitrogen and oxygen atoms in total. The topological polar surface area (TPSA) is 55.1 Å². The molecular weight excluding hydrogens is 288 g/mol. The fourth-order valence-corrected chi connectivity index (χ4v) is 2.06. The van der Waals surface area contributed by atoms with E-state index in [2.05, 4.69) is 15.2 Å². The Labute approximate surface area is 127 Å². The van der Waals surface area contributed by atoms with Crippen molar-refractivity contribution in [1.29, 1.82) is 0 Å². The molecule has 106 valence electrons. The third-order valence-corrected chi connectivity index (χ3v) is 3.20. The van der Waals surface area contributed by atoms with Crippen molar-refractivity contribution < 1.29 is 4.42 Å². The molecule has 0 aliphatic carbocycles. The van der Waals surface area contributed by atoms with Crippen LogP contribution in [-0.2, 0) is 0 Å². The molecular formula is C15H13ClN4O. The molecule has 21 heavy (non-hydrogen) atoms. The summed E-state index contributed by atoms with van der Waals surface area (Å²) in [4.78, 5) is 6.43. The highest BCUT2D eigenvalue weighted by atomic mass is 35.5. The second-order valence-corrected chi connectivity index (χ2v) is 5.12. The summed E-state index contributed by atoms with van der Waals surface area (Å²) < 4.78 is 5.31. The Bertz CT molecular complexity index is 739. The van der Waals surface area contributed by atoms with Crippen LogP contribution < -0.4 is 4.90 Å². The number of nitrogens with zero attached hydrogens (tertiary/aromatic N) is 4. The van der Waals surface area contributed by atoms with Gasteiger partial charge in [-0.15, -0.1) is 10.2 Å². The molecule has 0 spiro atoms. The van der Waals surface area contributed by atoms with Gasteiger partial charge in [-0.1, -0.05) is 23.7 Å². The van der Waals surface area contributed by atoms with Gasteiger partial charge in [0.25, 0.3) is 0 Å². The molecule has 0 fully saturated rings. The third-order valence-electron chi connectivity index (χ3n) is 2.95. The Morgan fingerprint density at radius 1 is 1.05 bits per heavy atom.